The van der Waals surface area contributed by atoms with Crippen LogP contribution in [0.5, 0.6) is 0 Å². The normalized spacial score (nSPS) is 8.25. The van der Waals surface area contributed by atoms with Crippen molar-refractivity contribution < 1.29 is 48.7 Å². The zero-order valence-corrected chi connectivity index (χ0v) is 8.00. The quantitative estimate of drug-likeness (QED) is 0.205. The molecule has 4 N–H and O–H groups in total. The molecule has 0 aromatic carbocycles. The molecule has 0 amide bonds. The Hall–Kier alpha value is 1.06. The number of rotatable bonds is 0. The Morgan fingerprint density at radius 1 is 1.00 bits per heavy atom. The first-order chi connectivity index (χ1) is 3.00. The molecule has 0 heterocycles. The van der Waals surface area contributed by atoms with Crippen LogP contribution in [0.2, 0.25) is 0 Å². The van der Waals surface area contributed by atoms with Gasteiger partial charge in [0.25, 0.3) is 0 Å². The average molecular weight is 148 g/mol. The summed E-state index contributed by atoms with van der Waals surface area (Å²) in [6.07, 6.45) is 0. The molecule has 0 rings (SSSR count). The third-order valence-corrected chi connectivity index (χ3v) is 0. The molecule has 0 unspecified atom stereocenters. The summed E-state index contributed by atoms with van der Waals surface area (Å²) in [5.41, 5.74) is 0. The van der Waals surface area contributed by atoms with Crippen LogP contribution in [-0.4, -0.2) is 28.2 Å². The van der Waals surface area contributed by atoms with Crippen LogP contribution in [0.15, 0.2) is 0 Å². The molecule has 46 valence electrons. The second kappa shape index (κ2) is 8.06. The van der Waals surface area contributed by atoms with Gasteiger partial charge in [-0.1, -0.05) is 0 Å². The van der Waals surface area contributed by atoms with Gasteiger partial charge in [-0.05, 0) is 0 Å². The molecule has 6 heteroatoms. The summed E-state index contributed by atoms with van der Waals surface area (Å²) in [6, 6.07) is 0. The minimum Gasteiger partial charge on any atom is -0.368 e. The monoisotopic (exact) mass is 148 g/mol. The van der Waals surface area contributed by atoms with Gasteiger partial charge in [0.2, 0.25) is 0 Å². The summed E-state index contributed by atoms with van der Waals surface area (Å²) in [5, 5.41) is 0. The van der Waals surface area contributed by atoms with E-state index in [0.717, 1.165) is 0 Å². The zero-order valence-electron chi connectivity index (χ0n) is 5.00. The number of hydrogen-bond donors (Lipinski definition) is 4. The first-order valence-corrected chi connectivity index (χ1v) is 3.39. The molecule has 0 aliphatic carbocycles. The average Bonchev–Trinajstić information content (AvgIpc) is 1.36. The van der Waals surface area contributed by atoms with Crippen molar-refractivity contribution in [1.82, 2.24) is 0 Å². The molecular weight excluding hydrogens is 139 g/mol. The van der Waals surface area contributed by atoms with E-state index in [1.54, 1.807) is 6.92 Å². The molecule has 8 heavy (non-hydrogen) atoms. The van der Waals surface area contributed by atoms with Crippen LogP contribution in [0, 0.1) is 6.92 Å². The summed E-state index contributed by atoms with van der Waals surface area (Å²) < 4.78 is 0. The Morgan fingerprint density at radius 2 is 1.00 bits per heavy atom. The van der Waals surface area contributed by atoms with Crippen LogP contribution >= 0.6 is 0 Å². The van der Waals surface area contributed by atoms with E-state index in [1.165, 1.54) is 0 Å². The molecule has 0 spiro atoms. The predicted molar refractivity (Wildman–Crippen MR) is 25.7 cm³/mol. The van der Waals surface area contributed by atoms with E-state index in [1.807, 2.05) is 0 Å². The van der Waals surface area contributed by atoms with Crippen LogP contribution in [-0.2, 0) is 0 Å². The Labute approximate surface area is 71.6 Å². The maximum Gasteiger partial charge on any atom is 1.00 e. The molecule has 0 atom stereocenters. The summed E-state index contributed by atoms with van der Waals surface area (Å²) in [7, 11) is -4.61. The largest absolute Gasteiger partial charge is 1.00 e. The predicted octanol–water partition coefficient (Wildman–Crippen LogP) is -4.76. The Morgan fingerprint density at radius 3 is 1.00 bits per heavy atom. The summed E-state index contributed by atoms with van der Waals surface area (Å²) in [5.74, 6) is 0. The van der Waals surface area contributed by atoms with Gasteiger partial charge in [-0.15, -0.1) is 0 Å². The van der Waals surface area contributed by atoms with Gasteiger partial charge < -0.3 is 26.1 Å². The minimum absolute atomic E-state index is 0. The van der Waals surface area contributed by atoms with Crippen molar-refractivity contribution in [3.05, 3.63) is 6.92 Å². The van der Waals surface area contributed by atoms with Crippen LogP contribution in [0.1, 0.15) is 6.92 Å². The smallest absolute Gasteiger partial charge is 0.368 e. The Kier molecular flexibility index (Phi) is 16.1. The van der Waals surface area contributed by atoms with Gasteiger partial charge in [-0.2, -0.15) is 6.92 Å². The fraction of sp³-hybridized carbons (Fsp3) is 0.500. The van der Waals surface area contributed by atoms with Crippen molar-refractivity contribution in [1.29, 1.82) is 0 Å². The van der Waals surface area contributed by atoms with E-state index in [9.17, 15) is 0 Å². The molecule has 0 aromatic rings. The molecule has 0 saturated heterocycles. The molecule has 0 saturated carbocycles. The first-order valence-electron chi connectivity index (χ1n) is 1.60. The third kappa shape index (κ3) is 232. The van der Waals surface area contributed by atoms with Gasteiger partial charge in [-0.3, -0.25) is 0 Å². The van der Waals surface area contributed by atoms with Crippen molar-refractivity contribution in [3.63, 3.8) is 0 Å². The maximum atomic E-state index is 7.33. The molecule has 0 radical (unpaired) electrons. The van der Waals surface area contributed by atoms with Crippen LogP contribution < -0.4 is 29.6 Å². The Balaban J connectivity index is -0.0000000750. The fourth-order valence-corrected chi connectivity index (χ4v) is 0. The maximum absolute atomic E-state index is 7.33. The van der Waals surface area contributed by atoms with Gasteiger partial charge in [0.05, 0.1) is 0 Å². The van der Waals surface area contributed by atoms with Gasteiger partial charge >= 0.3 is 38.6 Å². The third-order valence-electron chi connectivity index (χ3n) is 0. The fourth-order valence-electron chi connectivity index (χ4n) is 0. The van der Waals surface area contributed by atoms with E-state index in [-0.39, 0.29) is 29.6 Å². The van der Waals surface area contributed by atoms with Crippen molar-refractivity contribution in [2.75, 3.05) is 0 Å². The zero-order chi connectivity index (χ0) is 6.50. The summed E-state index contributed by atoms with van der Waals surface area (Å²) in [4.78, 5) is 29.3. The van der Waals surface area contributed by atoms with Crippen molar-refractivity contribution >= 4 is 9.05 Å². The standard InChI is InChI=1S/C2H5.Na.H4O4Si/c1-2;;1-5(2,3)4/h1H2,2H3;;1-4H/q-1;+1;. The summed E-state index contributed by atoms with van der Waals surface area (Å²) in [6.45, 7) is 5.00. The second-order valence-electron chi connectivity index (χ2n) is 0.600. The minimum atomic E-state index is -4.61. The van der Waals surface area contributed by atoms with Gasteiger partial charge in [-0.25, -0.2) is 0 Å². The summed E-state index contributed by atoms with van der Waals surface area (Å²) >= 11 is 0. The van der Waals surface area contributed by atoms with Crippen molar-refractivity contribution in [3.8, 4) is 0 Å². The van der Waals surface area contributed by atoms with Gasteiger partial charge in [0, 0.05) is 0 Å². The molecule has 0 fully saturated rings. The molecule has 4 nitrogen and oxygen atoms in total. The van der Waals surface area contributed by atoms with E-state index in [2.05, 4.69) is 6.92 Å². The van der Waals surface area contributed by atoms with Crippen LogP contribution in [0.4, 0.5) is 0 Å². The van der Waals surface area contributed by atoms with Crippen molar-refractivity contribution in [2.24, 2.45) is 0 Å². The topological polar surface area (TPSA) is 80.9 Å². The first kappa shape index (κ1) is 16.0. The Bertz CT molecular complexity index is 29.5. The molecule has 0 aliphatic heterocycles. The van der Waals surface area contributed by atoms with Crippen molar-refractivity contribution in [2.45, 2.75) is 6.92 Å². The number of hydrogen-bond acceptors (Lipinski definition) is 4. The van der Waals surface area contributed by atoms with E-state index >= 15 is 0 Å². The van der Waals surface area contributed by atoms with E-state index in [0.29, 0.717) is 0 Å². The second-order valence-corrected chi connectivity index (χ2v) is 1.80. The molecule has 0 aliphatic rings. The van der Waals surface area contributed by atoms with Gasteiger partial charge in [0.15, 0.2) is 0 Å². The SMILES string of the molecule is O[Si](O)(O)O.[CH2-]C.[Na+]. The van der Waals surface area contributed by atoms with Crippen LogP contribution in [0.25, 0.3) is 0 Å². The van der Waals surface area contributed by atoms with E-state index < -0.39 is 9.05 Å². The van der Waals surface area contributed by atoms with Gasteiger partial charge in [0.1, 0.15) is 0 Å². The molecule has 0 aromatic heterocycles. The molecule has 0 bridgehead atoms. The van der Waals surface area contributed by atoms with Crippen LogP contribution in [0.3, 0.4) is 0 Å². The van der Waals surface area contributed by atoms with E-state index in [4.69, 9.17) is 19.2 Å². The molecular formula is C2H9NaO4Si.